The topological polar surface area (TPSA) is 93.5 Å². The Kier molecular flexibility index (Phi) is 5.74. The Balaban J connectivity index is 1.59. The minimum absolute atomic E-state index is 0.288. The first-order chi connectivity index (χ1) is 13.4. The smallest absolute Gasteiger partial charge is 0.269 e. The van der Waals surface area contributed by atoms with Crippen molar-refractivity contribution >= 4 is 11.8 Å². The summed E-state index contributed by atoms with van der Waals surface area (Å²) in [6, 6.07) is 13.7. The van der Waals surface area contributed by atoms with Crippen LogP contribution in [0.15, 0.2) is 53.1 Å². The molecule has 0 aliphatic rings. The van der Waals surface area contributed by atoms with Gasteiger partial charge < -0.3 is 9.26 Å². The lowest BCUT2D eigenvalue weighted by molar-refractivity contribution is 0.0846. The molecule has 1 aromatic heterocycles. The van der Waals surface area contributed by atoms with E-state index in [0.29, 0.717) is 22.6 Å². The highest BCUT2D eigenvalue weighted by atomic mass is 16.5. The number of nitrogens with zero attached hydrogens (tertiary/aromatic N) is 1. The van der Waals surface area contributed by atoms with Gasteiger partial charge in [0.1, 0.15) is 18.1 Å². The fourth-order valence-corrected chi connectivity index (χ4v) is 2.55. The summed E-state index contributed by atoms with van der Waals surface area (Å²) in [5.41, 5.74) is 8.33. The van der Waals surface area contributed by atoms with Crippen LogP contribution in [0.2, 0.25) is 0 Å². The zero-order valence-corrected chi connectivity index (χ0v) is 15.9. The summed E-state index contributed by atoms with van der Waals surface area (Å²) < 4.78 is 10.9. The summed E-state index contributed by atoms with van der Waals surface area (Å²) in [4.78, 5) is 24.4. The van der Waals surface area contributed by atoms with Crippen LogP contribution in [0.5, 0.6) is 5.75 Å². The minimum Gasteiger partial charge on any atom is -0.489 e. The number of benzene rings is 2. The summed E-state index contributed by atoms with van der Waals surface area (Å²) in [6.07, 6.45) is 0. The third kappa shape index (κ3) is 4.56. The highest BCUT2D eigenvalue weighted by Gasteiger charge is 2.12. The number of rotatable bonds is 5. The third-order valence-corrected chi connectivity index (χ3v) is 4.26. The van der Waals surface area contributed by atoms with Gasteiger partial charge in [-0.15, -0.1) is 0 Å². The van der Waals surface area contributed by atoms with Crippen molar-refractivity contribution in [2.45, 2.75) is 27.4 Å². The maximum absolute atomic E-state index is 12.3. The molecule has 28 heavy (non-hydrogen) atoms. The van der Waals surface area contributed by atoms with Crippen LogP contribution in [0.4, 0.5) is 0 Å². The van der Waals surface area contributed by atoms with Gasteiger partial charge in [-0.2, -0.15) is 0 Å². The monoisotopic (exact) mass is 379 g/mol. The number of carbonyl (C=O) groups excluding carboxylic acids is 2. The molecule has 0 atom stereocenters. The van der Waals surface area contributed by atoms with Gasteiger partial charge in [0.15, 0.2) is 0 Å². The Hall–Kier alpha value is -3.61. The van der Waals surface area contributed by atoms with Crippen molar-refractivity contribution in [3.05, 3.63) is 82.2 Å². The van der Waals surface area contributed by atoms with Gasteiger partial charge in [-0.05, 0) is 51.1 Å². The minimum atomic E-state index is -0.441. The molecule has 2 aromatic carbocycles. The van der Waals surface area contributed by atoms with Crippen molar-refractivity contribution in [2.24, 2.45) is 0 Å². The van der Waals surface area contributed by atoms with Crippen molar-refractivity contribution < 1.29 is 18.8 Å². The van der Waals surface area contributed by atoms with Crippen LogP contribution < -0.4 is 15.6 Å². The summed E-state index contributed by atoms with van der Waals surface area (Å²) in [5, 5.41) is 3.89. The molecule has 0 fully saturated rings. The lowest BCUT2D eigenvalue weighted by atomic mass is 10.1. The maximum Gasteiger partial charge on any atom is 0.269 e. The molecule has 7 heteroatoms. The predicted octanol–water partition coefficient (Wildman–Crippen LogP) is 3.25. The molecule has 3 aromatic rings. The molecule has 0 saturated carbocycles. The number of aryl methyl sites for hydroxylation is 3. The van der Waals surface area contributed by atoms with Crippen LogP contribution in [0.3, 0.4) is 0 Å². The Morgan fingerprint density at radius 2 is 1.64 bits per heavy atom. The Morgan fingerprint density at radius 1 is 0.964 bits per heavy atom. The van der Waals surface area contributed by atoms with Crippen LogP contribution in [-0.4, -0.2) is 17.0 Å². The van der Waals surface area contributed by atoms with Crippen molar-refractivity contribution in [1.29, 1.82) is 0 Å². The second-order valence-corrected chi connectivity index (χ2v) is 6.39. The van der Waals surface area contributed by atoms with E-state index in [1.54, 1.807) is 36.4 Å². The van der Waals surface area contributed by atoms with Crippen molar-refractivity contribution in [1.82, 2.24) is 16.0 Å². The first-order valence-corrected chi connectivity index (χ1v) is 8.76. The fraction of sp³-hybridized carbons (Fsp3) is 0.190. The normalized spacial score (nSPS) is 10.4. The second-order valence-electron chi connectivity index (χ2n) is 6.39. The SMILES string of the molecule is Cc1ccc(C(=O)NNC(=O)c2cccc(OCc3c(C)noc3C)c2)cc1. The van der Waals surface area contributed by atoms with Crippen LogP contribution >= 0.6 is 0 Å². The third-order valence-electron chi connectivity index (χ3n) is 4.26. The van der Waals surface area contributed by atoms with E-state index < -0.39 is 5.91 Å². The standard InChI is InChI=1S/C21H21N3O4/c1-13-7-9-16(10-8-13)20(25)22-23-21(26)17-5-4-6-18(11-17)27-12-19-14(2)24-28-15(19)3/h4-11H,12H2,1-3H3,(H,22,25)(H,23,26). The number of hydrogen-bond donors (Lipinski definition) is 2. The maximum atomic E-state index is 12.3. The molecule has 0 radical (unpaired) electrons. The Bertz CT molecular complexity index is 974. The lowest BCUT2D eigenvalue weighted by Gasteiger charge is -2.10. The average Bonchev–Trinajstić information content (AvgIpc) is 3.02. The summed E-state index contributed by atoms with van der Waals surface area (Å²) in [6.45, 7) is 5.88. The Labute approximate surface area is 162 Å². The van der Waals surface area contributed by atoms with E-state index in [4.69, 9.17) is 9.26 Å². The van der Waals surface area contributed by atoms with Gasteiger partial charge in [-0.1, -0.05) is 28.9 Å². The molecule has 3 rings (SSSR count). The molecule has 0 aliphatic carbocycles. The van der Waals surface area contributed by atoms with Crippen LogP contribution in [-0.2, 0) is 6.61 Å². The van der Waals surface area contributed by atoms with E-state index in [2.05, 4.69) is 16.0 Å². The number of amides is 2. The largest absolute Gasteiger partial charge is 0.489 e. The summed E-state index contributed by atoms with van der Waals surface area (Å²) in [5.74, 6) is 0.394. The van der Waals surface area contributed by atoms with Gasteiger partial charge in [0.05, 0.1) is 11.3 Å². The summed E-state index contributed by atoms with van der Waals surface area (Å²) >= 11 is 0. The molecule has 0 bridgehead atoms. The molecule has 0 aliphatic heterocycles. The predicted molar refractivity (Wildman–Crippen MR) is 103 cm³/mol. The molecule has 2 amide bonds. The van der Waals surface area contributed by atoms with E-state index >= 15 is 0 Å². The van der Waals surface area contributed by atoms with E-state index in [9.17, 15) is 9.59 Å². The molecular formula is C21H21N3O4. The number of carbonyl (C=O) groups is 2. The van der Waals surface area contributed by atoms with Gasteiger partial charge >= 0.3 is 0 Å². The number of nitrogens with one attached hydrogen (secondary N) is 2. The highest BCUT2D eigenvalue weighted by Crippen LogP contribution is 2.18. The molecule has 7 nitrogen and oxygen atoms in total. The highest BCUT2D eigenvalue weighted by molar-refractivity contribution is 5.99. The van der Waals surface area contributed by atoms with Crippen LogP contribution in [0, 0.1) is 20.8 Å². The molecule has 0 spiro atoms. The van der Waals surface area contributed by atoms with Crippen LogP contribution in [0.1, 0.15) is 43.3 Å². The summed E-state index contributed by atoms with van der Waals surface area (Å²) in [7, 11) is 0. The molecule has 1 heterocycles. The van der Waals surface area contributed by atoms with Gasteiger partial charge in [0.25, 0.3) is 11.8 Å². The van der Waals surface area contributed by atoms with Gasteiger partial charge in [-0.3, -0.25) is 20.4 Å². The quantitative estimate of drug-likeness (QED) is 0.664. The van der Waals surface area contributed by atoms with Gasteiger partial charge in [0.2, 0.25) is 0 Å². The molecule has 0 saturated heterocycles. The Morgan fingerprint density at radius 3 is 2.29 bits per heavy atom. The van der Waals surface area contributed by atoms with E-state index in [1.807, 2.05) is 32.9 Å². The first-order valence-electron chi connectivity index (χ1n) is 8.76. The van der Waals surface area contributed by atoms with E-state index in [0.717, 1.165) is 16.8 Å². The van der Waals surface area contributed by atoms with E-state index in [-0.39, 0.29) is 12.5 Å². The zero-order valence-electron chi connectivity index (χ0n) is 15.9. The molecular weight excluding hydrogens is 358 g/mol. The number of hydrogen-bond acceptors (Lipinski definition) is 5. The second kappa shape index (κ2) is 8.39. The van der Waals surface area contributed by atoms with E-state index in [1.165, 1.54) is 0 Å². The van der Waals surface area contributed by atoms with Crippen LogP contribution in [0.25, 0.3) is 0 Å². The average molecular weight is 379 g/mol. The fourth-order valence-electron chi connectivity index (χ4n) is 2.55. The zero-order chi connectivity index (χ0) is 20.1. The first kappa shape index (κ1) is 19.2. The molecule has 0 unspecified atom stereocenters. The molecule has 2 N–H and O–H groups in total. The van der Waals surface area contributed by atoms with Crippen molar-refractivity contribution in [3.8, 4) is 5.75 Å². The number of ether oxygens (including phenoxy) is 1. The van der Waals surface area contributed by atoms with Gasteiger partial charge in [0, 0.05) is 11.1 Å². The molecule has 144 valence electrons. The number of hydrazine groups is 1. The number of aromatic nitrogens is 1. The lowest BCUT2D eigenvalue weighted by Crippen LogP contribution is -2.41. The van der Waals surface area contributed by atoms with Crippen molar-refractivity contribution in [2.75, 3.05) is 0 Å². The van der Waals surface area contributed by atoms with Crippen molar-refractivity contribution in [3.63, 3.8) is 0 Å². The van der Waals surface area contributed by atoms with Gasteiger partial charge in [-0.25, -0.2) is 0 Å².